The molecule has 30 heavy (non-hydrogen) atoms. The number of halogens is 3. The Labute approximate surface area is 182 Å². The minimum absolute atomic E-state index is 0.0970. The lowest BCUT2D eigenvalue weighted by molar-refractivity contribution is -0.141. The Bertz CT molecular complexity index is 905. The molecule has 0 saturated heterocycles. The van der Waals surface area contributed by atoms with E-state index in [0.29, 0.717) is 16.9 Å². The number of anilines is 2. The Morgan fingerprint density at radius 1 is 1.03 bits per heavy atom. The van der Waals surface area contributed by atoms with Crippen molar-refractivity contribution in [3.8, 4) is 0 Å². The minimum atomic E-state index is -4.40. The van der Waals surface area contributed by atoms with Crippen LogP contribution >= 0.6 is 24.4 Å². The van der Waals surface area contributed by atoms with E-state index in [1.54, 1.807) is 31.2 Å². The number of carbonyl (C=O) groups is 1. The van der Waals surface area contributed by atoms with Gasteiger partial charge in [0.2, 0.25) is 0 Å². The summed E-state index contributed by atoms with van der Waals surface area (Å²) in [5.41, 5.74) is 6.32. The molecule has 0 aliphatic heterocycles. The van der Waals surface area contributed by atoms with Crippen LogP contribution in [0.1, 0.15) is 18.1 Å². The maximum absolute atomic E-state index is 12.7. The van der Waals surface area contributed by atoms with E-state index in [-0.39, 0.29) is 23.3 Å². The predicted octanol–water partition coefficient (Wildman–Crippen LogP) is 3.66. The second kappa shape index (κ2) is 10.7. The molecular formula is C19H19F3N4O2S2. The lowest BCUT2D eigenvalue weighted by Gasteiger charge is -2.16. The standard InChI is InChI=1S/C19H19F3N4O2S2/c1-2-28-16(27)11-23-18(30)26-25-17(29)14-5-3-4-6-15(14)24-13-9-7-12(8-10-13)19(20,21)22/h3-10,24H,2,11H2,1H3,(H,25,29)(H2,23,26,30). The molecule has 2 aromatic carbocycles. The first-order valence-corrected chi connectivity index (χ1v) is 9.55. The van der Waals surface area contributed by atoms with Gasteiger partial charge in [-0.3, -0.25) is 15.6 Å². The van der Waals surface area contributed by atoms with Crippen LogP contribution in [0.5, 0.6) is 0 Å². The van der Waals surface area contributed by atoms with Gasteiger partial charge in [0.25, 0.3) is 0 Å². The quantitative estimate of drug-likeness (QED) is 0.298. The van der Waals surface area contributed by atoms with Gasteiger partial charge in [-0.05, 0) is 55.5 Å². The highest BCUT2D eigenvalue weighted by atomic mass is 32.1. The molecule has 160 valence electrons. The Hall–Kier alpha value is -2.92. The monoisotopic (exact) mass is 456 g/mol. The fourth-order valence-electron chi connectivity index (χ4n) is 2.28. The number of thiocarbonyl (C=S) groups is 2. The molecule has 4 N–H and O–H groups in total. The third-order valence-electron chi connectivity index (χ3n) is 3.65. The topological polar surface area (TPSA) is 74.4 Å². The number of hydrogen-bond acceptors (Lipinski definition) is 5. The highest BCUT2D eigenvalue weighted by Crippen LogP contribution is 2.30. The lowest BCUT2D eigenvalue weighted by atomic mass is 10.1. The fourth-order valence-corrected chi connectivity index (χ4v) is 2.63. The van der Waals surface area contributed by atoms with Crippen molar-refractivity contribution in [1.29, 1.82) is 0 Å². The second-order valence-electron chi connectivity index (χ2n) is 5.81. The molecule has 0 aromatic heterocycles. The van der Waals surface area contributed by atoms with Crippen molar-refractivity contribution in [2.24, 2.45) is 0 Å². The van der Waals surface area contributed by atoms with Gasteiger partial charge in [-0.25, -0.2) is 0 Å². The van der Waals surface area contributed by atoms with Crippen LogP contribution in [0.2, 0.25) is 0 Å². The van der Waals surface area contributed by atoms with Crippen LogP contribution in [0.4, 0.5) is 24.5 Å². The molecule has 6 nitrogen and oxygen atoms in total. The number of carbonyl (C=O) groups excluding carboxylic acids is 1. The van der Waals surface area contributed by atoms with Crippen LogP contribution in [0.3, 0.4) is 0 Å². The van der Waals surface area contributed by atoms with Crippen LogP contribution < -0.4 is 21.5 Å². The van der Waals surface area contributed by atoms with Crippen LogP contribution in [-0.2, 0) is 15.7 Å². The molecule has 0 aliphatic carbocycles. The van der Waals surface area contributed by atoms with Crippen molar-refractivity contribution >= 4 is 51.9 Å². The number of ether oxygens (including phenoxy) is 1. The van der Waals surface area contributed by atoms with Gasteiger partial charge in [0, 0.05) is 16.9 Å². The number of para-hydroxylation sites is 1. The molecule has 11 heteroatoms. The van der Waals surface area contributed by atoms with Gasteiger partial charge in [-0.1, -0.05) is 24.4 Å². The average molecular weight is 457 g/mol. The summed E-state index contributed by atoms with van der Waals surface area (Å²) in [5, 5.41) is 5.84. The molecule has 0 bridgehead atoms. The highest BCUT2D eigenvalue weighted by Gasteiger charge is 2.29. The summed E-state index contributed by atoms with van der Waals surface area (Å²) in [6.07, 6.45) is -4.40. The zero-order valence-corrected chi connectivity index (χ0v) is 17.4. The molecule has 0 atom stereocenters. The molecule has 0 unspecified atom stereocenters. The minimum Gasteiger partial charge on any atom is -0.465 e. The zero-order valence-electron chi connectivity index (χ0n) is 15.8. The van der Waals surface area contributed by atoms with E-state index in [9.17, 15) is 18.0 Å². The summed E-state index contributed by atoms with van der Waals surface area (Å²) in [4.78, 5) is 11.6. The summed E-state index contributed by atoms with van der Waals surface area (Å²) >= 11 is 10.4. The van der Waals surface area contributed by atoms with E-state index in [0.717, 1.165) is 12.1 Å². The van der Waals surface area contributed by atoms with Crippen molar-refractivity contribution in [1.82, 2.24) is 16.2 Å². The van der Waals surface area contributed by atoms with E-state index >= 15 is 0 Å². The van der Waals surface area contributed by atoms with E-state index in [2.05, 4.69) is 21.5 Å². The number of esters is 1. The Kier molecular flexibility index (Phi) is 8.36. The molecule has 0 spiro atoms. The molecule has 2 aromatic rings. The lowest BCUT2D eigenvalue weighted by Crippen LogP contribution is -2.47. The van der Waals surface area contributed by atoms with Gasteiger partial charge in [-0.15, -0.1) is 0 Å². The maximum Gasteiger partial charge on any atom is 0.416 e. The third kappa shape index (κ3) is 7.16. The molecule has 0 radical (unpaired) electrons. The van der Waals surface area contributed by atoms with E-state index in [4.69, 9.17) is 29.2 Å². The van der Waals surface area contributed by atoms with Gasteiger partial charge < -0.3 is 15.4 Å². The Morgan fingerprint density at radius 3 is 2.33 bits per heavy atom. The van der Waals surface area contributed by atoms with E-state index < -0.39 is 17.7 Å². The second-order valence-corrected chi connectivity index (χ2v) is 6.63. The first-order valence-electron chi connectivity index (χ1n) is 8.74. The molecular weight excluding hydrogens is 437 g/mol. The van der Waals surface area contributed by atoms with Crippen LogP contribution in [0.25, 0.3) is 0 Å². The van der Waals surface area contributed by atoms with Crippen molar-refractivity contribution in [3.05, 3.63) is 59.7 Å². The van der Waals surface area contributed by atoms with Crippen molar-refractivity contribution in [2.45, 2.75) is 13.1 Å². The smallest absolute Gasteiger partial charge is 0.416 e. The molecule has 0 saturated carbocycles. The fraction of sp³-hybridized carbons (Fsp3) is 0.211. The number of alkyl halides is 3. The summed E-state index contributed by atoms with van der Waals surface area (Å²) in [6.45, 7) is 1.87. The van der Waals surface area contributed by atoms with Gasteiger partial charge >= 0.3 is 12.1 Å². The van der Waals surface area contributed by atoms with E-state index in [1.807, 2.05) is 0 Å². The van der Waals surface area contributed by atoms with Crippen molar-refractivity contribution in [2.75, 3.05) is 18.5 Å². The first kappa shape index (κ1) is 23.4. The number of benzene rings is 2. The zero-order chi connectivity index (χ0) is 22.1. The highest BCUT2D eigenvalue weighted by molar-refractivity contribution is 7.81. The molecule has 0 fully saturated rings. The number of nitrogens with one attached hydrogen (secondary N) is 4. The summed E-state index contributed by atoms with van der Waals surface area (Å²) in [7, 11) is 0. The largest absolute Gasteiger partial charge is 0.465 e. The number of hydrazine groups is 1. The van der Waals surface area contributed by atoms with Gasteiger partial charge in [0.1, 0.15) is 11.5 Å². The summed E-state index contributed by atoms with van der Waals surface area (Å²) in [6, 6.07) is 11.7. The average Bonchev–Trinajstić information content (AvgIpc) is 2.71. The third-order valence-corrected chi connectivity index (χ3v) is 4.22. The Balaban J connectivity index is 1.98. The molecule has 0 aliphatic rings. The van der Waals surface area contributed by atoms with Crippen LogP contribution in [0.15, 0.2) is 48.5 Å². The van der Waals surface area contributed by atoms with Crippen LogP contribution in [-0.4, -0.2) is 29.2 Å². The van der Waals surface area contributed by atoms with Gasteiger partial charge in [-0.2, -0.15) is 13.2 Å². The van der Waals surface area contributed by atoms with Crippen molar-refractivity contribution in [3.63, 3.8) is 0 Å². The van der Waals surface area contributed by atoms with Gasteiger partial charge in [0.15, 0.2) is 5.11 Å². The van der Waals surface area contributed by atoms with Crippen molar-refractivity contribution < 1.29 is 22.7 Å². The molecule has 0 heterocycles. The SMILES string of the molecule is CCOC(=O)CNC(=S)NNC(=S)c1ccccc1Nc1ccc(C(F)(F)F)cc1. The van der Waals surface area contributed by atoms with E-state index in [1.165, 1.54) is 12.1 Å². The predicted molar refractivity (Wildman–Crippen MR) is 116 cm³/mol. The molecule has 2 rings (SSSR count). The maximum atomic E-state index is 12.7. The number of hydrogen-bond donors (Lipinski definition) is 4. The van der Waals surface area contributed by atoms with Gasteiger partial charge in [0.05, 0.1) is 12.2 Å². The summed E-state index contributed by atoms with van der Waals surface area (Å²) < 4.78 is 42.9. The first-order chi connectivity index (χ1) is 14.2. The van der Waals surface area contributed by atoms with Crippen LogP contribution in [0, 0.1) is 0 Å². The summed E-state index contributed by atoms with van der Waals surface area (Å²) in [5.74, 6) is -0.449. The normalized spacial score (nSPS) is 10.7. The Morgan fingerprint density at radius 2 is 1.70 bits per heavy atom. The number of rotatable bonds is 6. The molecule has 0 amide bonds.